The highest BCUT2D eigenvalue weighted by molar-refractivity contribution is 5.97. The van der Waals surface area contributed by atoms with E-state index in [2.05, 4.69) is 10.6 Å². The predicted octanol–water partition coefficient (Wildman–Crippen LogP) is 1.48. The quantitative estimate of drug-likeness (QED) is 0.690. The largest absolute Gasteiger partial charge is 0.508 e. The monoisotopic (exact) mass is 342 g/mol. The Hall–Kier alpha value is -3.35. The molecule has 0 spiro atoms. The summed E-state index contributed by atoms with van der Waals surface area (Å²) < 4.78 is 4.92. The van der Waals surface area contributed by atoms with Gasteiger partial charge in [0, 0.05) is 18.3 Å². The van der Waals surface area contributed by atoms with E-state index in [0.29, 0.717) is 16.8 Å². The molecule has 0 atom stereocenters. The van der Waals surface area contributed by atoms with Crippen LogP contribution in [0.2, 0.25) is 0 Å². The van der Waals surface area contributed by atoms with Crippen LogP contribution in [0.1, 0.15) is 15.9 Å². The van der Waals surface area contributed by atoms with Gasteiger partial charge in [0.15, 0.2) is 6.61 Å². The van der Waals surface area contributed by atoms with Gasteiger partial charge in [-0.2, -0.15) is 0 Å². The van der Waals surface area contributed by atoms with E-state index in [-0.39, 0.29) is 18.1 Å². The number of ether oxygens (including phenoxy) is 1. The second-order valence-corrected chi connectivity index (χ2v) is 5.21. The third kappa shape index (κ3) is 5.65. The van der Waals surface area contributed by atoms with E-state index in [9.17, 15) is 19.5 Å². The number of hydrogen-bond acceptors (Lipinski definition) is 5. The standard InChI is InChI=1S/C18H18N2O5/c1-19-18(24)13-3-2-4-14(10-13)20-16(22)11-25-17(23)9-12-5-7-15(21)8-6-12/h2-8,10,21H,9,11H2,1H3,(H,19,24)(H,20,22). The van der Waals surface area contributed by atoms with Gasteiger partial charge in [0.25, 0.3) is 11.8 Å². The third-order valence-corrected chi connectivity index (χ3v) is 3.28. The molecule has 0 aromatic heterocycles. The van der Waals surface area contributed by atoms with Crippen LogP contribution < -0.4 is 10.6 Å². The van der Waals surface area contributed by atoms with Crippen molar-refractivity contribution in [2.75, 3.05) is 19.0 Å². The van der Waals surface area contributed by atoms with Crippen LogP contribution >= 0.6 is 0 Å². The Morgan fingerprint density at radius 2 is 1.80 bits per heavy atom. The fourth-order valence-corrected chi connectivity index (χ4v) is 2.06. The smallest absolute Gasteiger partial charge is 0.310 e. The molecule has 0 unspecified atom stereocenters. The van der Waals surface area contributed by atoms with Crippen molar-refractivity contribution in [1.82, 2.24) is 5.32 Å². The second kappa shape index (κ2) is 8.49. The Kier molecular flexibility index (Phi) is 6.11. The lowest BCUT2D eigenvalue weighted by atomic mass is 10.1. The van der Waals surface area contributed by atoms with E-state index in [1.165, 1.54) is 25.2 Å². The average molecular weight is 342 g/mol. The molecule has 3 N–H and O–H groups in total. The zero-order valence-electron chi connectivity index (χ0n) is 13.6. The molecule has 130 valence electrons. The molecule has 0 heterocycles. The van der Waals surface area contributed by atoms with Crippen molar-refractivity contribution in [3.63, 3.8) is 0 Å². The molecule has 0 saturated carbocycles. The number of aromatic hydroxyl groups is 1. The Labute approximate surface area is 144 Å². The van der Waals surface area contributed by atoms with Crippen molar-refractivity contribution in [2.45, 2.75) is 6.42 Å². The van der Waals surface area contributed by atoms with Gasteiger partial charge >= 0.3 is 5.97 Å². The Balaban J connectivity index is 1.83. The molecule has 2 amide bonds. The Bertz CT molecular complexity index is 771. The van der Waals surface area contributed by atoms with E-state index in [1.54, 1.807) is 30.3 Å². The minimum absolute atomic E-state index is 0.000281. The van der Waals surface area contributed by atoms with Gasteiger partial charge in [-0.25, -0.2) is 0 Å². The van der Waals surface area contributed by atoms with Gasteiger partial charge in [-0.1, -0.05) is 18.2 Å². The maximum Gasteiger partial charge on any atom is 0.310 e. The summed E-state index contributed by atoms with van der Waals surface area (Å²) in [4.78, 5) is 35.1. The van der Waals surface area contributed by atoms with Crippen LogP contribution in [0.15, 0.2) is 48.5 Å². The van der Waals surface area contributed by atoms with Gasteiger partial charge in [0.05, 0.1) is 6.42 Å². The van der Waals surface area contributed by atoms with Crippen LogP contribution in [0.4, 0.5) is 5.69 Å². The summed E-state index contributed by atoms with van der Waals surface area (Å²) in [6, 6.07) is 12.5. The van der Waals surface area contributed by atoms with Crippen molar-refractivity contribution in [1.29, 1.82) is 0 Å². The summed E-state index contributed by atoms with van der Waals surface area (Å²) in [6.45, 7) is -0.429. The molecular formula is C18H18N2O5. The number of hydrogen-bond donors (Lipinski definition) is 3. The number of carbonyl (C=O) groups excluding carboxylic acids is 3. The van der Waals surface area contributed by atoms with E-state index >= 15 is 0 Å². The maximum absolute atomic E-state index is 11.8. The highest BCUT2D eigenvalue weighted by atomic mass is 16.5. The number of anilines is 1. The zero-order chi connectivity index (χ0) is 18.2. The van der Waals surface area contributed by atoms with Gasteiger partial charge in [0.2, 0.25) is 0 Å². The van der Waals surface area contributed by atoms with Crippen LogP contribution in [-0.4, -0.2) is 36.5 Å². The van der Waals surface area contributed by atoms with E-state index in [0.717, 1.165) is 0 Å². The van der Waals surface area contributed by atoms with Crippen molar-refractivity contribution in [3.05, 3.63) is 59.7 Å². The van der Waals surface area contributed by atoms with Crippen molar-refractivity contribution < 1.29 is 24.2 Å². The molecule has 2 aromatic rings. The summed E-state index contributed by atoms with van der Waals surface area (Å²) in [6.07, 6.45) is -0.000281. The minimum Gasteiger partial charge on any atom is -0.508 e. The first kappa shape index (κ1) is 18.0. The molecule has 0 fully saturated rings. The van der Waals surface area contributed by atoms with Crippen LogP contribution in [0.5, 0.6) is 5.75 Å². The van der Waals surface area contributed by atoms with Crippen LogP contribution in [0.3, 0.4) is 0 Å². The number of esters is 1. The normalized spacial score (nSPS) is 9.96. The lowest BCUT2D eigenvalue weighted by Gasteiger charge is -2.08. The van der Waals surface area contributed by atoms with Gasteiger partial charge in [0.1, 0.15) is 5.75 Å². The zero-order valence-corrected chi connectivity index (χ0v) is 13.6. The van der Waals surface area contributed by atoms with Gasteiger partial charge in [-0.05, 0) is 35.9 Å². The number of phenols is 1. The molecule has 2 rings (SSSR count). The lowest BCUT2D eigenvalue weighted by molar-refractivity contribution is -0.146. The molecular weight excluding hydrogens is 324 g/mol. The first-order valence-electron chi connectivity index (χ1n) is 7.53. The predicted molar refractivity (Wildman–Crippen MR) is 91.2 cm³/mol. The summed E-state index contributed by atoms with van der Waals surface area (Å²) >= 11 is 0. The fraction of sp³-hybridized carbons (Fsp3) is 0.167. The maximum atomic E-state index is 11.8. The summed E-state index contributed by atoms with van der Waals surface area (Å²) in [5.41, 5.74) is 1.51. The van der Waals surface area contributed by atoms with E-state index in [1.807, 2.05) is 0 Å². The first-order valence-corrected chi connectivity index (χ1v) is 7.53. The topological polar surface area (TPSA) is 105 Å². The highest BCUT2D eigenvalue weighted by Crippen LogP contribution is 2.12. The third-order valence-electron chi connectivity index (χ3n) is 3.28. The van der Waals surface area contributed by atoms with Gasteiger partial charge < -0.3 is 20.5 Å². The molecule has 7 nitrogen and oxygen atoms in total. The van der Waals surface area contributed by atoms with Crippen LogP contribution in [0.25, 0.3) is 0 Å². The first-order chi connectivity index (χ1) is 12.0. The van der Waals surface area contributed by atoms with E-state index < -0.39 is 18.5 Å². The van der Waals surface area contributed by atoms with Crippen LogP contribution in [0, 0.1) is 0 Å². The summed E-state index contributed by atoms with van der Waals surface area (Å²) in [7, 11) is 1.52. The lowest BCUT2D eigenvalue weighted by Crippen LogP contribution is -2.22. The SMILES string of the molecule is CNC(=O)c1cccc(NC(=O)COC(=O)Cc2ccc(O)cc2)c1. The van der Waals surface area contributed by atoms with Gasteiger partial charge in [-0.15, -0.1) is 0 Å². The number of benzene rings is 2. The van der Waals surface area contributed by atoms with Crippen molar-refractivity contribution in [3.8, 4) is 5.75 Å². The summed E-state index contributed by atoms with van der Waals surface area (Å²) in [5.74, 6) is -1.22. The Morgan fingerprint density at radius 1 is 1.08 bits per heavy atom. The number of carbonyl (C=O) groups is 3. The van der Waals surface area contributed by atoms with Crippen LogP contribution in [-0.2, 0) is 20.7 Å². The van der Waals surface area contributed by atoms with Gasteiger partial charge in [-0.3, -0.25) is 14.4 Å². The number of phenolic OH excluding ortho intramolecular Hbond substituents is 1. The number of nitrogens with one attached hydrogen (secondary N) is 2. The molecule has 0 bridgehead atoms. The highest BCUT2D eigenvalue weighted by Gasteiger charge is 2.10. The second-order valence-electron chi connectivity index (χ2n) is 5.21. The minimum atomic E-state index is -0.556. The molecule has 0 radical (unpaired) electrons. The molecule has 2 aromatic carbocycles. The molecule has 0 aliphatic rings. The fourth-order valence-electron chi connectivity index (χ4n) is 2.06. The molecule has 0 aliphatic carbocycles. The van der Waals surface area contributed by atoms with Crippen molar-refractivity contribution in [2.24, 2.45) is 0 Å². The molecule has 25 heavy (non-hydrogen) atoms. The summed E-state index contributed by atoms with van der Waals surface area (Å²) in [5, 5.41) is 14.2. The number of rotatable bonds is 6. The Morgan fingerprint density at radius 3 is 2.48 bits per heavy atom. The van der Waals surface area contributed by atoms with Crippen molar-refractivity contribution >= 4 is 23.5 Å². The average Bonchev–Trinajstić information content (AvgIpc) is 2.61. The molecule has 0 aliphatic heterocycles. The number of amides is 2. The van der Waals surface area contributed by atoms with E-state index in [4.69, 9.17) is 4.74 Å². The molecule has 7 heteroatoms. The molecule has 0 saturated heterocycles.